The lowest BCUT2D eigenvalue weighted by Crippen LogP contribution is -2.15. The van der Waals surface area contributed by atoms with E-state index in [1.54, 1.807) is 6.20 Å². The van der Waals surface area contributed by atoms with Crippen molar-refractivity contribution in [1.82, 2.24) is 4.57 Å². The number of aliphatic imine (C=N–C) groups is 1. The summed E-state index contributed by atoms with van der Waals surface area (Å²) in [6.45, 7) is 11.0. The van der Waals surface area contributed by atoms with Crippen LogP contribution in [0.2, 0.25) is 0 Å². The highest BCUT2D eigenvalue weighted by molar-refractivity contribution is 6.10. The molecular weight excluding hydrogens is 438 g/mol. The van der Waals surface area contributed by atoms with E-state index in [1.165, 1.54) is 39.5 Å². The van der Waals surface area contributed by atoms with Gasteiger partial charge in [0.25, 0.3) is 0 Å². The Bertz CT molecular complexity index is 1430. The Labute approximate surface area is 215 Å². The molecule has 0 radical (unpaired) electrons. The summed E-state index contributed by atoms with van der Waals surface area (Å²) in [4.78, 5) is 6.13. The molecule has 0 aliphatic heterocycles. The first kappa shape index (κ1) is 25.0. The smallest absolute Gasteiger partial charge is 0.0542 e. The summed E-state index contributed by atoms with van der Waals surface area (Å²) in [5.41, 5.74) is 5.92. The predicted octanol–water partition coefficient (Wildman–Crippen LogP) is 9.01. The van der Waals surface area contributed by atoms with E-state index in [0.29, 0.717) is 0 Å². The molecule has 3 heteroatoms. The fourth-order valence-electron chi connectivity index (χ4n) is 4.13. The van der Waals surface area contributed by atoms with Crippen LogP contribution >= 0.6 is 0 Å². The van der Waals surface area contributed by atoms with Gasteiger partial charge in [-0.3, -0.25) is 4.99 Å². The molecule has 0 unspecified atom stereocenters. The van der Waals surface area contributed by atoms with Crippen LogP contribution in [0.25, 0.3) is 27.5 Å². The highest BCUT2D eigenvalue weighted by Gasteiger charge is 2.14. The first-order chi connectivity index (χ1) is 17.6. The molecule has 36 heavy (non-hydrogen) atoms. The Morgan fingerprint density at radius 1 is 0.806 bits per heavy atom. The van der Waals surface area contributed by atoms with E-state index in [2.05, 4.69) is 139 Å². The SMILES string of the molecule is C=N/C=C\N(Cc1ccccc1)c1ccc2c(c1)c1ccccc1n2-c1ccccc1.CCC(C)C. The molecule has 0 saturated carbocycles. The molecular formula is C33H35N3. The van der Waals surface area contributed by atoms with Gasteiger partial charge in [0.15, 0.2) is 0 Å². The van der Waals surface area contributed by atoms with Gasteiger partial charge in [-0.25, -0.2) is 0 Å². The zero-order chi connectivity index (χ0) is 25.3. The average molecular weight is 474 g/mol. The van der Waals surface area contributed by atoms with E-state index < -0.39 is 0 Å². The summed E-state index contributed by atoms with van der Waals surface area (Å²) in [6, 6.07) is 36.2. The third-order valence-corrected chi connectivity index (χ3v) is 6.37. The van der Waals surface area contributed by atoms with Gasteiger partial charge in [-0.15, -0.1) is 0 Å². The Kier molecular flexibility index (Phi) is 8.36. The number of fused-ring (bicyclic) bond motifs is 3. The maximum atomic E-state index is 3.92. The number of rotatable bonds is 7. The number of aromatic nitrogens is 1. The maximum absolute atomic E-state index is 3.92. The number of nitrogens with zero attached hydrogens (tertiary/aromatic N) is 3. The van der Waals surface area contributed by atoms with E-state index in [-0.39, 0.29) is 0 Å². The monoisotopic (exact) mass is 473 g/mol. The lowest BCUT2D eigenvalue weighted by atomic mass is 10.1. The fourth-order valence-corrected chi connectivity index (χ4v) is 4.13. The number of para-hydroxylation sites is 2. The summed E-state index contributed by atoms with van der Waals surface area (Å²) < 4.78 is 2.33. The quantitative estimate of drug-likeness (QED) is 0.216. The highest BCUT2D eigenvalue weighted by Crippen LogP contribution is 2.34. The van der Waals surface area contributed by atoms with Gasteiger partial charge in [0.05, 0.1) is 11.0 Å². The molecule has 0 amide bonds. The molecule has 182 valence electrons. The van der Waals surface area contributed by atoms with Crippen molar-refractivity contribution < 1.29 is 0 Å². The van der Waals surface area contributed by atoms with Crippen LogP contribution in [0.5, 0.6) is 0 Å². The first-order valence-electron chi connectivity index (χ1n) is 12.6. The minimum atomic E-state index is 0.760. The van der Waals surface area contributed by atoms with Gasteiger partial charge in [0, 0.05) is 41.1 Å². The van der Waals surface area contributed by atoms with Crippen LogP contribution in [0.15, 0.2) is 121 Å². The Balaban J connectivity index is 0.000000556. The average Bonchev–Trinajstić information content (AvgIpc) is 3.26. The van der Waals surface area contributed by atoms with Gasteiger partial charge >= 0.3 is 0 Å². The van der Waals surface area contributed by atoms with Crippen molar-refractivity contribution in [2.75, 3.05) is 4.90 Å². The van der Waals surface area contributed by atoms with Crippen molar-refractivity contribution in [2.24, 2.45) is 10.9 Å². The van der Waals surface area contributed by atoms with Crippen LogP contribution < -0.4 is 4.90 Å². The Hall–Kier alpha value is -4.11. The third kappa shape index (κ3) is 5.75. The van der Waals surface area contributed by atoms with Crippen LogP contribution in [0, 0.1) is 5.92 Å². The van der Waals surface area contributed by atoms with Crippen LogP contribution in [-0.4, -0.2) is 11.3 Å². The van der Waals surface area contributed by atoms with Crippen LogP contribution in [0.1, 0.15) is 32.8 Å². The zero-order valence-electron chi connectivity index (χ0n) is 21.5. The summed E-state index contributed by atoms with van der Waals surface area (Å²) in [5.74, 6) is 0.884. The standard InChI is InChI=1S/C28H23N3.C5H12/c1-29-18-19-30(21-22-10-4-2-5-11-22)24-16-17-28-26(20-24)25-14-8-9-15-27(25)31(28)23-12-6-3-7-13-23;1-4-5(2)3/h2-20H,1,21H2;5H,4H2,1-3H3/b19-18-;. The molecule has 1 heterocycles. The molecule has 0 atom stereocenters. The zero-order valence-corrected chi connectivity index (χ0v) is 21.5. The molecule has 5 aromatic rings. The fraction of sp³-hybridized carbons (Fsp3) is 0.182. The lowest BCUT2D eigenvalue weighted by molar-refractivity contribution is 0.626. The van der Waals surface area contributed by atoms with Crippen molar-refractivity contribution in [3.05, 3.63) is 121 Å². The second-order valence-corrected chi connectivity index (χ2v) is 9.29. The van der Waals surface area contributed by atoms with Gasteiger partial charge < -0.3 is 9.47 Å². The molecule has 0 spiro atoms. The molecule has 0 aliphatic carbocycles. The minimum Gasteiger partial charge on any atom is -0.342 e. The van der Waals surface area contributed by atoms with E-state index in [0.717, 1.165) is 18.2 Å². The number of hydrogen-bond acceptors (Lipinski definition) is 2. The second kappa shape index (κ2) is 12.0. The molecule has 0 fully saturated rings. The predicted molar refractivity (Wildman–Crippen MR) is 157 cm³/mol. The summed E-state index contributed by atoms with van der Waals surface area (Å²) in [6.07, 6.45) is 5.03. The van der Waals surface area contributed by atoms with Crippen molar-refractivity contribution in [3.63, 3.8) is 0 Å². The molecule has 0 N–H and O–H groups in total. The molecule has 0 aliphatic rings. The number of hydrogen-bond donors (Lipinski definition) is 0. The van der Waals surface area contributed by atoms with E-state index in [4.69, 9.17) is 0 Å². The van der Waals surface area contributed by atoms with E-state index >= 15 is 0 Å². The maximum Gasteiger partial charge on any atom is 0.0542 e. The molecule has 1 aromatic heterocycles. The Morgan fingerprint density at radius 3 is 2.08 bits per heavy atom. The van der Waals surface area contributed by atoms with Gasteiger partial charge in [-0.1, -0.05) is 93.9 Å². The van der Waals surface area contributed by atoms with Crippen molar-refractivity contribution >= 4 is 34.2 Å². The molecule has 0 saturated heterocycles. The van der Waals surface area contributed by atoms with Crippen LogP contribution in [0.3, 0.4) is 0 Å². The van der Waals surface area contributed by atoms with Gasteiger partial charge in [-0.05, 0) is 54.6 Å². The minimum absolute atomic E-state index is 0.760. The molecule has 5 rings (SSSR count). The van der Waals surface area contributed by atoms with Crippen molar-refractivity contribution in [2.45, 2.75) is 33.7 Å². The summed E-state index contributed by atoms with van der Waals surface area (Å²) >= 11 is 0. The van der Waals surface area contributed by atoms with Crippen LogP contribution in [-0.2, 0) is 6.54 Å². The second-order valence-electron chi connectivity index (χ2n) is 9.29. The van der Waals surface area contributed by atoms with Crippen LogP contribution in [0.4, 0.5) is 5.69 Å². The van der Waals surface area contributed by atoms with Gasteiger partial charge in [0.1, 0.15) is 0 Å². The van der Waals surface area contributed by atoms with E-state index in [9.17, 15) is 0 Å². The largest absolute Gasteiger partial charge is 0.342 e. The Morgan fingerprint density at radius 2 is 1.42 bits per heavy atom. The van der Waals surface area contributed by atoms with Gasteiger partial charge in [-0.2, -0.15) is 0 Å². The molecule has 0 bridgehead atoms. The normalized spacial score (nSPS) is 11.1. The molecule has 3 nitrogen and oxygen atoms in total. The topological polar surface area (TPSA) is 20.5 Å². The van der Waals surface area contributed by atoms with E-state index in [1.807, 2.05) is 12.3 Å². The summed E-state index contributed by atoms with van der Waals surface area (Å²) in [7, 11) is 0. The highest BCUT2D eigenvalue weighted by atomic mass is 15.1. The summed E-state index contributed by atoms with van der Waals surface area (Å²) in [5, 5.41) is 2.48. The number of benzene rings is 4. The number of anilines is 1. The van der Waals surface area contributed by atoms with Gasteiger partial charge in [0.2, 0.25) is 0 Å². The van der Waals surface area contributed by atoms with Crippen molar-refractivity contribution in [1.29, 1.82) is 0 Å². The van der Waals surface area contributed by atoms with Crippen molar-refractivity contribution in [3.8, 4) is 5.69 Å². The third-order valence-electron chi connectivity index (χ3n) is 6.37. The lowest BCUT2D eigenvalue weighted by Gasteiger charge is -2.21. The first-order valence-corrected chi connectivity index (χ1v) is 12.6. The molecule has 4 aromatic carbocycles.